The summed E-state index contributed by atoms with van der Waals surface area (Å²) >= 11 is 0. The van der Waals surface area contributed by atoms with Crippen LogP contribution in [-0.2, 0) is 86.4 Å². The van der Waals surface area contributed by atoms with Crippen LogP contribution in [-0.4, -0.2) is 201 Å². The molecule has 0 radical (unpaired) electrons. The van der Waals surface area contributed by atoms with Crippen molar-refractivity contribution in [3.05, 3.63) is 216 Å². The molecule has 1 aromatic heterocycles. The average Bonchev–Trinajstić information content (AvgIpc) is 0.739. The molecule has 3 fully saturated rings. The van der Waals surface area contributed by atoms with Crippen molar-refractivity contribution in [1.82, 2.24) is 14.7 Å². The number of alkyl halides is 3. The number of ketones is 6. The Bertz CT molecular complexity index is 5800. The third kappa shape index (κ3) is 14.5. The van der Waals surface area contributed by atoms with Gasteiger partial charge in [-0.25, -0.2) is 0 Å². The van der Waals surface area contributed by atoms with Crippen LogP contribution in [0.15, 0.2) is 165 Å². The lowest BCUT2D eigenvalue weighted by molar-refractivity contribution is -0.163. The number of nitrogens with zero attached hydrogens (tertiary/aromatic N) is 4. The molecule has 0 saturated heterocycles. The monoisotopic (exact) mass is 1690 g/mol. The minimum atomic E-state index is -4.55. The first-order valence-corrected chi connectivity index (χ1v) is 39.5. The number of carbonyl (C=O) groups excluding carboxylic acids is 9. The summed E-state index contributed by atoms with van der Waals surface area (Å²) in [6.45, 7) is 6.36. The number of halogens is 3. The van der Waals surface area contributed by atoms with Crippen LogP contribution in [0.5, 0.6) is 17.2 Å². The molecule has 3 amide bonds. The molecule has 3 saturated carbocycles. The first kappa shape index (κ1) is 88.0. The Morgan fingerprint density at radius 1 is 0.561 bits per heavy atom. The number of phenolic OH excluding ortho intramolecular Hbond substituents is 3. The lowest BCUT2D eigenvalue weighted by atomic mass is 9.57. The number of primary amides is 3. The van der Waals surface area contributed by atoms with E-state index in [0.29, 0.717) is 45.4 Å². The van der Waals surface area contributed by atoms with Gasteiger partial charge in [-0.2, -0.15) is 18.4 Å². The number of aromatic hydroxyl groups is 3. The molecule has 12 atom stereocenters. The van der Waals surface area contributed by atoms with E-state index in [4.69, 9.17) is 31.6 Å². The van der Waals surface area contributed by atoms with Crippen LogP contribution in [0.4, 0.5) is 13.2 Å². The van der Waals surface area contributed by atoms with Crippen molar-refractivity contribution in [3.8, 4) is 45.6 Å². The number of likely N-dealkylation sites (N-methyl/N-ethyl adjacent to an activating group) is 3. The zero-order valence-electron chi connectivity index (χ0n) is 68.3. The van der Waals surface area contributed by atoms with Gasteiger partial charge in [0.25, 0.3) is 17.7 Å². The van der Waals surface area contributed by atoms with Crippen molar-refractivity contribution >= 4 is 75.8 Å². The highest BCUT2D eigenvalue weighted by Gasteiger charge is 2.68. The number of allylic oxidation sites excluding steroid dienone is 1. The average molecular weight is 1690 g/mol. The summed E-state index contributed by atoms with van der Waals surface area (Å²) < 4.78 is 51.2. The van der Waals surface area contributed by atoms with Crippen molar-refractivity contribution in [3.63, 3.8) is 0 Å². The molecule has 9 aliphatic carbocycles. The van der Waals surface area contributed by atoms with Gasteiger partial charge < -0.3 is 82.5 Å². The normalized spacial score (nSPS) is 26.0. The van der Waals surface area contributed by atoms with Gasteiger partial charge in [0.1, 0.15) is 75.1 Å². The van der Waals surface area contributed by atoms with Gasteiger partial charge in [0, 0.05) is 46.1 Å². The first-order valence-electron chi connectivity index (χ1n) is 39.5. The van der Waals surface area contributed by atoms with E-state index in [2.05, 4.69) is 20.8 Å². The third-order valence-electron chi connectivity index (χ3n) is 25.3. The van der Waals surface area contributed by atoms with E-state index in [-0.39, 0.29) is 101 Å². The molecule has 0 bridgehead atoms. The number of nitriles is 1. The molecule has 29 nitrogen and oxygen atoms in total. The van der Waals surface area contributed by atoms with E-state index in [1.54, 1.807) is 75.8 Å². The number of aryl methyl sites for hydroxylation is 1. The fourth-order valence-electron chi connectivity index (χ4n) is 19.8. The Hall–Kier alpha value is -12.8. The topological polar surface area (TPSA) is 510 Å². The molecular weight excluding hydrogens is 1600 g/mol. The van der Waals surface area contributed by atoms with Crippen LogP contribution >= 0.6 is 0 Å². The number of fused-ring (bicyclic) bond motifs is 9. The number of rotatable bonds is 15. The number of furan rings is 1. The molecule has 5 aromatic carbocycles. The number of aliphatic hydroxyl groups excluding tert-OH is 5. The fourth-order valence-corrected chi connectivity index (χ4v) is 19.8. The second kappa shape index (κ2) is 32.2. The molecule has 644 valence electrons. The van der Waals surface area contributed by atoms with Crippen molar-refractivity contribution in [2.75, 3.05) is 42.3 Å². The lowest BCUT2D eigenvalue weighted by Gasteiger charge is -2.50. The van der Waals surface area contributed by atoms with Crippen LogP contribution in [0.2, 0.25) is 0 Å². The van der Waals surface area contributed by atoms with Gasteiger partial charge in [-0.05, 0) is 216 Å². The second-order valence-corrected chi connectivity index (χ2v) is 34.4. The lowest BCUT2D eigenvalue weighted by Crippen LogP contribution is -2.67. The van der Waals surface area contributed by atoms with Gasteiger partial charge in [-0.15, -0.1) is 0 Å². The van der Waals surface area contributed by atoms with Crippen molar-refractivity contribution in [2.24, 2.45) is 58.1 Å². The number of hydrogen-bond acceptors (Lipinski definition) is 26. The first-order chi connectivity index (χ1) is 57.7. The van der Waals surface area contributed by atoms with E-state index in [1.807, 2.05) is 18.2 Å². The molecular formula is C91H92F3N7O22. The minimum Gasteiger partial charge on any atom is -0.508 e. The van der Waals surface area contributed by atoms with E-state index in [0.717, 1.165) is 41.7 Å². The van der Waals surface area contributed by atoms with E-state index < -0.39 is 186 Å². The number of benzene rings is 5. The summed E-state index contributed by atoms with van der Waals surface area (Å²) in [4.78, 5) is 124. The number of nitrogens with two attached hydrogens (primary N) is 3. The highest BCUT2D eigenvalue weighted by Crippen LogP contribution is 2.59. The number of carbonyl (C=O) groups is 9. The summed E-state index contributed by atoms with van der Waals surface area (Å²) in [7, 11) is 9.49. The Kier molecular flexibility index (Phi) is 23.1. The molecule has 17 N–H and O–H groups in total. The van der Waals surface area contributed by atoms with Crippen molar-refractivity contribution < 1.29 is 122 Å². The van der Waals surface area contributed by atoms with Crippen LogP contribution < -0.4 is 17.2 Å². The zero-order valence-corrected chi connectivity index (χ0v) is 68.3. The Morgan fingerprint density at radius 3 is 1.47 bits per heavy atom. The number of amides is 3. The van der Waals surface area contributed by atoms with E-state index >= 15 is 0 Å². The zero-order chi connectivity index (χ0) is 90.0. The largest absolute Gasteiger partial charge is 0.508 e. The Labute approximate surface area is 702 Å². The standard InChI is InChI=1S/C35H31F3N2O7.C32H38N2O8.C24H23N3O7/c1-40(2)28-23-15-19-14-22-21(18-8-10-20(11-9-18)35(36,37)38)12-13-24(41)26(22)29(42)25(19)31(43)34(23,46)32(44)27(33(39)45)30(28)47-16-17-6-4-3-5-7-17;1-31(2,3)9-6-7-15-11-18(16-8-10-42-14-16)19-12-17-13-20-24(34(4)5)27(37)23(30(33)40)29(39)32(20,41)28(38)21(17)26(36)22(19)25(15)35;1-27(2)18-13-9-11-8-12-10(4-3-7-25)5-6-14(28)16(12)19(29)15(11)21(31)24(13,34)22(32)17(20(18)30)23(26)33/h3-13,19,23,28,41-42,46H,14-16H2,1-2H3,(H2,39,45);8,10-11,14,17,20,24,35-36,39,41H,6-7,9,12-13H2,1-5H3,(H2,33,40);3-6,11,13,18,28-29,32,34H,8-9H2,1-2H3,(H2,26,33)/b;;4-3+/t19-,23-,28+,34-;17-,20-,24+,32-;11-,13-,18+,24-/m000/s1. The molecule has 1 heterocycles. The molecule has 6 aromatic rings. The van der Waals surface area contributed by atoms with Gasteiger partial charge in [-0.3, -0.25) is 57.9 Å². The third-order valence-corrected chi connectivity index (χ3v) is 25.3. The summed E-state index contributed by atoms with van der Waals surface area (Å²) in [5, 5.41) is 133. The molecule has 123 heavy (non-hydrogen) atoms. The molecule has 0 spiro atoms. The van der Waals surface area contributed by atoms with E-state index in [1.165, 1.54) is 72.6 Å². The summed E-state index contributed by atoms with van der Waals surface area (Å²) in [5.41, 5.74) is 10.0. The number of ether oxygens (including phenoxy) is 1. The predicted molar refractivity (Wildman–Crippen MR) is 437 cm³/mol. The fraction of sp³-hybridized carbons (Fsp3) is 0.363. The summed E-state index contributed by atoms with van der Waals surface area (Å²) in [6, 6.07) is 21.3. The highest BCUT2D eigenvalue weighted by atomic mass is 19.4. The van der Waals surface area contributed by atoms with E-state index in [9.17, 15) is 112 Å². The molecule has 0 unspecified atom stereocenters. The molecule has 32 heteroatoms. The van der Waals surface area contributed by atoms with Crippen molar-refractivity contribution in [2.45, 2.75) is 126 Å². The molecule has 0 aliphatic heterocycles. The number of hydrogen-bond donors (Lipinski definition) is 14. The van der Waals surface area contributed by atoms with Gasteiger partial charge in [0.05, 0.1) is 59.0 Å². The van der Waals surface area contributed by atoms with Gasteiger partial charge >= 0.3 is 6.18 Å². The molecule has 15 rings (SSSR count). The minimum absolute atomic E-state index is 0.00280. The molecule has 9 aliphatic rings. The predicted octanol–water partition coefficient (Wildman–Crippen LogP) is 8.40. The number of Topliss-reactive ketones (excluding diaryl/α,β-unsaturated/α-hetero) is 6. The van der Waals surface area contributed by atoms with Crippen molar-refractivity contribution in [1.29, 1.82) is 5.26 Å². The second-order valence-electron chi connectivity index (χ2n) is 34.4. The Balaban J connectivity index is 0.000000161. The number of aliphatic hydroxyl groups is 8. The number of phenols is 3. The van der Waals surface area contributed by atoms with Gasteiger partial charge in [0.2, 0.25) is 23.1 Å². The maximum Gasteiger partial charge on any atom is 0.416 e. The summed E-state index contributed by atoms with van der Waals surface area (Å²) in [5.74, 6) is -20.2. The maximum absolute atomic E-state index is 14.3. The van der Waals surface area contributed by atoms with Gasteiger partial charge in [0.15, 0.2) is 28.4 Å². The van der Waals surface area contributed by atoms with Crippen LogP contribution in [0.3, 0.4) is 0 Å². The quantitative estimate of drug-likeness (QED) is 0.0260. The smallest absolute Gasteiger partial charge is 0.416 e. The highest BCUT2D eigenvalue weighted by molar-refractivity contribution is 6.33. The Morgan fingerprint density at radius 2 is 1.02 bits per heavy atom. The van der Waals surface area contributed by atoms with Gasteiger partial charge in [-0.1, -0.05) is 75.4 Å². The SMILES string of the molecule is CN(C)[C@H]1C(=O)C(C(N)=O)=C(O)[C@@]2(O)C(=O)C3=C(O)c4c(O)c(CCCC(C)(C)C)cc(-c5ccoc5)c4C[C@H]3C[C@@H]12.CN(C)[C@H]1C(=O)C(C(N)=O)=C(O)[C@@]2(O)C(=O)C3=C(O)c4c(O)ccc(/C=C/C#N)c4C[C@H]3C[C@@H]12.CN(C)[C@H]1C(OCc2ccccc2)=C(C(N)=O)C(=O)[C@@]2(O)C(=O)C3=C(O)c4c(O)ccc(-c5ccc(C(F)(F)F)cc5)c4C[C@H]3C[C@@H]12. The van der Waals surface area contributed by atoms with Crippen LogP contribution in [0, 0.1) is 52.3 Å². The summed E-state index contributed by atoms with van der Waals surface area (Å²) in [6.07, 6.45) is 3.91. The maximum atomic E-state index is 14.3. The van der Waals surface area contributed by atoms with Crippen LogP contribution in [0.25, 0.3) is 45.6 Å². The van der Waals surface area contributed by atoms with Crippen LogP contribution in [0.1, 0.15) is 109 Å².